The third-order valence-corrected chi connectivity index (χ3v) is 4.87. The average molecular weight is 394 g/mol. The maximum Gasteiger partial charge on any atom is 0.274 e. The van der Waals surface area contributed by atoms with Crippen LogP contribution in [0.4, 0.5) is 5.69 Å². The van der Waals surface area contributed by atoms with Gasteiger partial charge in [0.1, 0.15) is 5.69 Å². The minimum Gasteiger partial charge on any atom is -0.348 e. The van der Waals surface area contributed by atoms with E-state index in [2.05, 4.69) is 15.6 Å². The summed E-state index contributed by atoms with van der Waals surface area (Å²) in [6.45, 7) is 4.22. The molecule has 1 heterocycles. The number of carbonyl (C=O) groups excluding carboxylic acids is 2. The predicted molar refractivity (Wildman–Crippen MR) is 111 cm³/mol. The van der Waals surface area contributed by atoms with Gasteiger partial charge in [0.2, 0.25) is 0 Å². The molecule has 28 heavy (non-hydrogen) atoms. The molecule has 0 bridgehead atoms. The van der Waals surface area contributed by atoms with Gasteiger partial charge in [-0.1, -0.05) is 41.9 Å². The standard InChI is InChI=1S/C22H20ClN3O2/c1-14-6-5-9-19(15(14)2)26-22(28)20-12-16(10-11-24-20)21(27)25-13-17-7-3-4-8-18(17)23/h3-12H,13H2,1-2H3,(H,25,27)(H,26,28). The highest BCUT2D eigenvalue weighted by molar-refractivity contribution is 6.31. The minimum atomic E-state index is -0.366. The highest BCUT2D eigenvalue weighted by Crippen LogP contribution is 2.19. The quantitative estimate of drug-likeness (QED) is 0.668. The zero-order chi connectivity index (χ0) is 20.1. The average Bonchev–Trinajstić information content (AvgIpc) is 2.70. The lowest BCUT2D eigenvalue weighted by atomic mass is 10.1. The number of hydrogen-bond donors (Lipinski definition) is 2. The van der Waals surface area contributed by atoms with E-state index in [4.69, 9.17) is 11.6 Å². The number of amides is 2. The molecule has 6 heteroatoms. The van der Waals surface area contributed by atoms with Crippen molar-refractivity contribution in [1.82, 2.24) is 10.3 Å². The van der Waals surface area contributed by atoms with Crippen LogP contribution in [-0.4, -0.2) is 16.8 Å². The molecule has 0 saturated carbocycles. The van der Waals surface area contributed by atoms with E-state index in [9.17, 15) is 9.59 Å². The van der Waals surface area contributed by atoms with Crippen LogP contribution in [0.1, 0.15) is 37.5 Å². The minimum absolute atomic E-state index is 0.172. The van der Waals surface area contributed by atoms with Gasteiger partial charge in [0.15, 0.2) is 0 Å². The fourth-order valence-corrected chi connectivity index (χ4v) is 2.89. The second-order valence-electron chi connectivity index (χ2n) is 6.41. The Balaban J connectivity index is 1.70. The first kappa shape index (κ1) is 19.6. The number of pyridine rings is 1. The van der Waals surface area contributed by atoms with Crippen LogP contribution in [0, 0.1) is 13.8 Å². The monoisotopic (exact) mass is 393 g/mol. The van der Waals surface area contributed by atoms with E-state index in [1.807, 2.05) is 50.2 Å². The molecule has 0 unspecified atom stereocenters. The number of anilines is 1. The molecule has 3 aromatic rings. The summed E-state index contributed by atoms with van der Waals surface area (Å²) in [4.78, 5) is 29.1. The molecule has 5 nitrogen and oxygen atoms in total. The van der Waals surface area contributed by atoms with Gasteiger partial charge in [-0.25, -0.2) is 0 Å². The van der Waals surface area contributed by atoms with Gasteiger partial charge >= 0.3 is 0 Å². The van der Waals surface area contributed by atoms with Gasteiger partial charge in [-0.15, -0.1) is 0 Å². The van der Waals surface area contributed by atoms with Crippen molar-refractivity contribution in [2.75, 3.05) is 5.32 Å². The number of nitrogens with zero attached hydrogens (tertiary/aromatic N) is 1. The zero-order valence-corrected chi connectivity index (χ0v) is 16.4. The van der Waals surface area contributed by atoms with Crippen molar-refractivity contribution in [3.8, 4) is 0 Å². The number of aromatic nitrogens is 1. The first-order valence-electron chi connectivity index (χ1n) is 8.81. The van der Waals surface area contributed by atoms with Crippen LogP contribution < -0.4 is 10.6 Å². The Morgan fingerprint density at radius 2 is 1.79 bits per heavy atom. The van der Waals surface area contributed by atoms with Crippen molar-refractivity contribution in [2.45, 2.75) is 20.4 Å². The summed E-state index contributed by atoms with van der Waals surface area (Å²) in [6.07, 6.45) is 1.45. The molecule has 2 N–H and O–H groups in total. The van der Waals surface area contributed by atoms with Gasteiger partial charge < -0.3 is 10.6 Å². The first-order chi connectivity index (χ1) is 13.5. The molecular formula is C22H20ClN3O2. The molecule has 0 radical (unpaired) electrons. The number of carbonyl (C=O) groups is 2. The molecule has 2 amide bonds. The molecule has 0 spiro atoms. The van der Waals surface area contributed by atoms with Crippen LogP contribution in [0.3, 0.4) is 0 Å². The van der Waals surface area contributed by atoms with E-state index in [1.54, 1.807) is 12.1 Å². The fraction of sp³-hybridized carbons (Fsp3) is 0.136. The molecule has 2 aromatic carbocycles. The second-order valence-corrected chi connectivity index (χ2v) is 6.81. The van der Waals surface area contributed by atoms with E-state index in [1.165, 1.54) is 12.3 Å². The van der Waals surface area contributed by atoms with Crippen molar-refractivity contribution in [3.63, 3.8) is 0 Å². The van der Waals surface area contributed by atoms with Crippen LogP contribution in [0.2, 0.25) is 5.02 Å². The third kappa shape index (κ3) is 4.56. The van der Waals surface area contributed by atoms with Gasteiger partial charge in [-0.05, 0) is 54.8 Å². The van der Waals surface area contributed by atoms with Gasteiger partial charge in [-0.2, -0.15) is 0 Å². The summed E-state index contributed by atoms with van der Waals surface area (Å²) in [5.41, 5.74) is 4.14. The summed E-state index contributed by atoms with van der Waals surface area (Å²) in [5.74, 6) is -0.669. The van der Waals surface area contributed by atoms with Crippen LogP contribution in [-0.2, 0) is 6.54 Å². The van der Waals surface area contributed by atoms with E-state index in [-0.39, 0.29) is 17.5 Å². The van der Waals surface area contributed by atoms with E-state index in [0.717, 1.165) is 22.4 Å². The Bertz CT molecular complexity index is 1030. The third-order valence-electron chi connectivity index (χ3n) is 4.50. The Labute approximate surface area is 168 Å². The van der Waals surface area contributed by atoms with E-state index in [0.29, 0.717) is 17.1 Å². The van der Waals surface area contributed by atoms with Crippen molar-refractivity contribution >= 4 is 29.1 Å². The van der Waals surface area contributed by atoms with Crippen molar-refractivity contribution in [3.05, 3.63) is 93.8 Å². The van der Waals surface area contributed by atoms with Crippen LogP contribution >= 0.6 is 11.6 Å². The fourth-order valence-electron chi connectivity index (χ4n) is 2.69. The lowest BCUT2D eigenvalue weighted by Crippen LogP contribution is -2.24. The van der Waals surface area contributed by atoms with Gasteiger partial charge in [0.25, 0.3) is 11.8 Å². The Hall–Kier alpha value is -3.18. The molecule has 1 aromatic heterocycles. The van der Waals surface area contributed by atoms with Crippen LogP contribution in [0.5, 0.6) is 0 Å². The SMILES string of the molecule is Cc1cccc(NC(=O)c2cc(C(=O)NCc3ccccc3Cl)ccn2)c1C. The molecule has 142 valence electrons. The highest BCUT2D eigenvalue weighted by atomic mass is 35.5. The first-order valence-corrected chi connectivity index (χ1v) is 9.18. The van der Waals surface area contributed by atoms with E-state index < -0.39 is 0 Å². The second kappa shape index (κ2) is 8.67. The Kier molecular flexibility index (Phi) is 6.06. The summed E-state index contributed by atoms with van der Waals surface area (Å²) in [6, 6.07) is 16.0. The van der Waals surface area contributed by atoms with Crippen molar-refractivity contribution in [2.24, 2.45) is 0 Å². The number of nitrogens with one attached hydrogen (secondary N) is 2. The number of hydrogen-bond acceptors (Lipinski definition) is 3. The zero-order valence-electron chi connectivity index (χ0n) is 15.6. The van der Waals surface area contributed by atoms with Gasteiger partial charge in [0.05, 0.1) is 0 Å². The Morgan fingerprint density at radius 3 is 2.57 bits per heavy atom. The summed E-state index contributed by atoms with van der Waals surface area (Å²) in [5, 5.41) is 6.24. The molecule has 0 aliphatic heterocycles. The summed E-state index contributed by atoms with van der Waals surface area (Å²) in [7, 11) is 0. The number of benzene rings is 2. The summed E-state index contributed by atoms with van der Waals surface area (Å²) >= 11 is 6.11. The topological polar surface area (TPSA) is 71.1 Å². The maximum atomic E-state index is 12.6. The van der Waals surface area contributed by atoms with Crippen molar-refractivity contribution in [1.29, 1.82) is 0 Å². The molecule has 0 aliphatic carbocycles. The molecule has 0 atom stereocenters. The lowest BCUT2D eigenvalue weighted by Gasteiger charge is -2.11. The normalized spacial score (nSPS) is 10.4. The largest absolute Gasteiger partial charge is 0.348 e. The number of halogens is 1. The number of rotatable bonds is 5. The predicted octanol–water partition coefficient (Wildman–Crippen LogP) is 4.53. The maximum absolute atomic E-state index is 12.6. The molecule has 0 fully saturated rings. The molecular weight excluding hydrogens is 374 g/mol. The summed E-state index contributed by atoms with van der Waals surface area (Å²) < 4.78 is 0. The van der Waals surface area contributed by atoms with Crippen molar-refractivity contribution < 1.29 is 9.59 Å². The number of aryl methyl sites for hydroxylation is 1. The van der Waals surface area contributed by atoms with E-state index >= 15 is 0 Å². The van der Waals surface area contributed by atoms with Gasteiger partial charge in [-0.3, -0.25) is 14.6 Å². The Morgan fingerprint density at radius 1 is 1.00 bits per heavy atom. The smallest absolute Gasteiger partial charge is 0.274 e. The van der Waals surface area contributed by atoms with Gasteiger partial charge in [0, 0.05) is 29.0 Å². The highest BCUT2D eigenvalue weighted by Gasteiger charge is 2.13. The molecule has 3 rings (SSSR count). The van der Waals surface area contributed by atoms with Crippen LogP contribution in [0.25, 0.3) is 0 Å². The molecule has 0 saturated heterocycles. The van der Waals surface area contributed by atoms with Crippen LogP contribution in [0.15, 0.2) is 60.8 Å². The lowest BCUT2D eigenvalue weighted by molar-refractivity contribution is 0.0951. The molecule has 0 aliphatic rings.